The van der Waals surface area contributed by atoms with E-state index in [-0.39, 0.29) is 18.2 Å². The second kappa shape index (κ2) is 6.17. The van der Waals surface area contributed by atoms with Crippen LogP contribution in [0.1, 0.15) is 24.2 Å². The Bertz CT molecular complexity index is 488. The summed E-state index contributed by atoms with van der Waals surface area (Å²) in [6.45, 7) is 3.21. The third-order valence-electron chi connectivity index (χ3n) is 2.60. The summed E-state index contributed by atoms with van der Waals surface area (Å²) in [7, 11) is 1.22. The Morgan fingerprint density at radius 2 is 2.05 bits per heavy atom. The molecule has 1 aromatic carbocycles. The van der Waals surface area contributed by atoms with Gasteiger partial charge in [0.15, 0.2) is 0 Å². The summed E-state index contributed by atoms with van der Waals surface area (Å²) in [5.74, 6) is -2.22. The normalized spacial score (nSPS) is 10.4. The van der Waals surface area contributed by atoms with Crippen molar-refractivity contribution in [1.29, 1.82) is 0 Å². The molecule has 0 saturated carbocycles. The molecule has 1 aromatic rings. The lowest BCUT2D eigenvalue weighted by Crippen LogP contribution is -2.41. The minimum Gasteiger partial charge on any atom is -0.507 e. The number of halogens is 1. The molecule has 0 bridgehead atoms. The zero-order chi connectivity index (χ0) is 14.6. The highest BCUT2D eigenvalue weighted by molar-refractivity contribution is 5.98. The Hall–Kier alpha value is -2.11. The van der Waals surface area contributed by atoms with Gasteiger partial charge >= 0.3 is 5.97 Å². The second-order valence-electron chi connectivity index (χ2n) is 4.26. The van der Waals surface area contributed by atoms with E-state index in [2.05, 4.69) is 4.74 Å². The topological polar surface area (TPSA) is 66.8 Å². The molecule has 0 aromatic heterocycles. The minimum absolute atomic E-state index is 0.0565. The SMILES string of the molecule is COC(=O)CN(C(=O)c1ccc(F)cc1O)C(C)C. The van der Waals surface area contributed by atoms with Crippen LogP contribution in [0.25, 0.3) is 0 Å². The molecule has 5 nitrogen and oxygen atoms in total. The summed E-state index contributed by atoms with van der Waals surface area (Å²) < 4.78 is 17.4. The monoisotopic (exact) mass is 269 g/mol. The lowest BCUT2D eigenvalue weighted by molar-refractivity contribution is -0.141. The van der Waals surface area contributed by atoms with Crippen molar-refractivity contribution in [2.24, 2.45) is 0 Å². The summed E-state index contributed by atoms with van der Waals surface area (Å²) in [4.78, 5) is 24.7. The summed E-state index contributed by atoms with van der Waals surface area (Å²) in [6, 6.07) is 2.84. The van der Waals surface area contributed by atoms with Crippen LogP contribution in [0.4, 0.5) is 4.39 Å². The number of nitrogens with zero attached hydrogens (tertiary/aromatic N) is 1. The molecule has 0 aliphatic carbocycles. The molecule has 0 aliphatic rings. The number of aromatic hydroxyl groups is 1. The van der Waals surface area contributed by atoms with Crippen molar-refractivity contribution >= 4 is 11.9 Å². The van der Waals surface area contributed by atoms with Gasteiger partial charge in [-0.25, -0.2) is 4.39 Å². The molecule has 19 heavy (non-hydrogen) atoms. The Labute approximate surface area is 110 Å². The van der Waals surface area contributed by atoms with E-state index in [1.54, 1.807) is 13.8 Å². The zero-order valence-corrected chi connectivity index (χ0v) is 11.0. The fourth-order valence-corrected chi connectivity index (χ4v) is 1.53. The zero-order valence-electron chi connectivity index (χ0n) is 11.0. The van der Waals surface area contributed by atoms with Crippen LogP contribution < -0.4 is 0 Å². The average Bonchev–Trinajstić information content (AvgIpc) is 2.34. The van der Waals surface area contributed by atoms with E-state index in [9.17, 15) is 19.1 Å². The van der Waals surface area contributed by atoms with Crippen LogP contribution >= 0.6 is 0 Å². The van der Waals surface area contributed by atoms with Crippen molar-refractivity contribution in [3.8, 4) is 5.75 Å². The number of benzene rings is 1. The maximum Gasteiger partial charge on any atom is 0.325 e. The number of phenols is 1. The molecule has 0 unspecified atom stereocenters. The Kier molecular flexibility index (Phi) is 4.86. The third-order valence-corrected chi connectivity index (χ3v) is 2.60. The average molecular weight is 269 g/mol. The van der Waals surface area contributed by atoms with Crippen molar-refractivity contribution in [1.82, 2.24) is 4.90 Å². The first-order chi connectivity index (χ1) is 8.86. The molecular formula is C13H16FNO4. The van der Waals surface area contributed by atoms with Crippen LogP contribution in [-0.4, -0.2) is 41.6 Å². The molecule has 0 spiro atoms. The number of hydrogen-bond donors (Lipinski definition) is 1. The van der Waals surface area contributed by atoms with Gasteiger partial charge in [0.1, 0.15) is 18.1 Å². The van der Waals surface area contributed by atoms with Gasteiger partial charge in [-0.15, -0.1) is 0 Å². The van der Waals surface area contributed by atoms with Crippen LogP contribution in [0.3, 0.4) is 0 Å². The summed E-state index contributed by atoms with van der Waals surface area (Å²) in [5, 5.41) is 9.58. The van der Waals surface area contributed by atoms with Gasteiger partial charge in [0, 0.05) is 12.1 Å². The van der Waals surface area contributed by atoms with Gasteiger partial charge in [0.05, 0.1) is 12.7 Å². The first-order valence-electron chi connectivity index (χ1n) is 5.73. The Balaban J connectivity index is 3.02. The minimum atomic E-state index is -0.641. The van der Waals surface area contributed by atoms with E-state index in [4.69, 9.17) is 0 Å². The fourth-order valence-electron chi connectivity index (χ4n) is 1.53. The van der Waals surface area contributed by atoms with Crippen LogP contribution in [-0.2, 0) is 9.53 Å². The number of hydrogen-bond acceptors (Lipinski definition) is 4. The summed E-state index contributed by atoms with van der Waals surface area (Å²) in [5.41, 5.74) is -0.0565. The molecule has 1 rings (SSSR count). The molecule has 104 valence electrons. The van der Waals surface area contributed by atoms with Crippen molar-refractivity contribution in [3.63, 3.8) is 0 Å². The number of esters is 1. The van der Waals surface area contributed by atoms with Gasteiger partial charge < -0.3 is 14.7 Å². The van der Waals surface area contributed by atoms with E-state index in [0.717, 1.165) is 12.1 Å². The van der Waals surface area contributed by atoms with E-state index < -0.39 is 23.4 Å². The van der Waals surface area contributed by atoms with Gasteiger partial charge in [-0.2, -0.15) is 0 Å². The first-order valence-corrected chi connectivity index (χ1v) is 5.73. The quantitative estimate of drug-likeness (QED) is 0.842. The standard InChI is InChI=1S/C13H16FNO4/c1-8(2)15(7-12(17)19-3)13(18)10-5-4-9(14)6-11(10)16/h4-6,8,16H,7H2,1-3H3. The number of ether oxygens (including phenoxy) is 1. The molecule has 0 fully saturated rings. The number of carbonyl (C=O) groups is 2. The number of phenolic OH excluding ortho intramolecular Hbond substituents is 1. The fraction of sp³-hybridized carbons (Fsp3) is 0.385. The van der Waals surface area contributed by atoms with Gasteiger partial charge in [-0.1, -0.05) is 0 Å². The van der Waals surface area contributed by atoms with Gasteiger partial charge in [0.25, 0.3) is 5.91 Å². The molecule has 0 aliphatic heterocycles. The predicted molar refractivity (Wildman–Crippen MR) is 66.3 cm³/mol. The van der Waals surface area contributed by atoms with Crippen LogP contribution in [0.15, 0.2) is 18.2 Å². The van der Waals surface area contributed by atoms with Crippen molar-refractivity contribution in [2.45, 2.75) is 19.9 Å². The molecule has 6 heteroatoms. The second-order valence-corrected chi connectivity index (χ2v) is 4.26. The molecule has 1 N–H and O–H groups in total. The van der Waals surface area contributed by atoms with Crippen molar-refractivity contribution in [2.75, 3.05) is 13.7 Å². The maximum atomic E-state index is 12.9. The van der Waals surface area contributed by atoms with Crippen molar-refractivity contribution in [3.05, 3.63) is 29.6 Å². The number of methoxy groups -OCH3 is 1. The highest BCUT2D eigenvalue weighted by atomic mass is 19.1. The molecule has 0 heterocycles. The van der Waals surface area contributed by atoms with Gasteiger partial charge in [-0.3, -0.25) is 9.59 Å². The van der Waals surface area contributed by atoms with E-state index in [1.807, 2.05) is 0 Å². The van der Waals surface area contributed by atoms with Crippen LogP contribution in [0.2, 0.25) is 0 Å². The highest BCUT2D eigenvalue weighted by Crippen LogP contribution is 2.20. The smallest absolute Gasteiger partial charge is 0.325 e. The van der Waals surface area contributed by atoms with Crippen LogP contribution in [0.5, 0.6) is 5.75 Å². The summed E-state index contributed by atoms with van der Waals surface area (Å²) >= 11 is 0. The predicted octanol–water partition coefficient (Wildman–Crippen LogP) is 1.55. The number of carbonyl (C=O) groups excluding carboxylic acids is 2. The van der Waals surface area contributed by atoms with Gasteiger partial charge in [0.2, 0.25) is 0 Å². The Morgan fingerprint density at radius 3 is 2.53 bits per heavy atom. The molecule has 0 radical (unpaired) electrons. The lowest BCUT2D eigenvalue weighted by atomic mass is 10.1. The van der Waals surface area contributed by atoms with Crippen LogP contribution in [0, 0.1) is 5.82 Å². The largest absolute Gasteiger partial charge is 0.507 e. The molecule has 0 atom stereocenters. The number of amides is 1. The highest BCUT2D eigenvalue weighted by Gasteiger charge is 2.24. The van der Waals surface area contributed by atoms with Gasteiger partial charge in [-0.05, 0) is 26.0 Å². The number of rotatable bonds is 4. The van der Waals surface area contributed by atoms with E-state index in [0.29, 0.717) is 0 Å². The molecule has 0 saturated heterocycles. The van der Waals surface area contributed by atoms with E-state index >= 15 is 0 Å². The summed E-state index contributed by atoms with van der Waals surface area (Å²) in [6.07, 6.45) is 0. The molecule has 1 amide bonds. The molecular weight excluding hydrogens is 253 g/mol. The lowest BCUT2D eigenvalue weighted by Gasteiger charge is -2.25. The maximum absolute atomic E-state index is 12.9. The van der Waals surface area contributed by atoms with Crippen molar-refractivity contribution < 1.29 is 23.8 Å². The first kappa shape index (κ1) is 14.9. The van der Waals surface area contributed by atoms with E-state index in [1.165, 1.54) is 18.1 Å². The third kappa shape index (κ3) is 3.67. The Morgan fingerprint density at radius 1 is 1.42 bits per heavy atom.